The van der Waals surface area contributed by atoms with Crippen LogP contribution < -0.4 is 0 Å². The van der Waals surface area contributed by atoms with Gasteiger partial charge in [-0.25, -0.2) is 0 Å². The van der Waals surface area contributed by atoms with Crippen molar-refractivity contribution in [2.75, 3.05) is 0 Å². The third-order valence-electron chi connectivity index (χ3n) is 3.89. The first kappa shape index (κ1) is 8.05. The van der Waals surface area contributed by atoms with E-state index in [2.05, 4.69) is 0 Å². The van der Waals surface area contributed by atoms with Gasteiger partial charge in [-0.1, -0.05) is 0 Å². The topological polar surface area (TPSA) is 54.5 Å². The quantitative estimate of drug-likeness (QED) is 0.508. The Balaban J connectivity index is 1.48. The zero-order chi connectivity index (χ0) is 9.34. The number of rotatable bonds is 2. The molecule has 4 heteroatoms. The fourth-order valence-electron chi connectivity index (χ4n) is 2.97. The van der Waals surface area contributed by atoms with Crippen LogP contribution in [0, 0.1) is 0 Å². The highest BCUT2D eigenvalue weighted by Gasteiger charge is 2.63. The number of aliphatic hydroxyl groups is 1. The van der Waals surface area contributed by atoms with E-state index in [-0.39, 0.29) is 24.4 Å². The second-order valence-electron chi connectivity index (χ2n) is 4.85. The van der Waals surface area contributed by atoms with Crippen molar-refractivity contribution in [1.29, 1.82) is 0 Å². The van der Waals surface area contributed by atoms with Crippen LogP contribution in [-0.4, -0.2) is 41.4 Å². The van der Waals surface area contributed by atoms with Crippen LogP contribution in [0.3, 0.4) is 0 Å². The monoisotopic (exact) mass is 198 g/mol. The van der Waals surface area contributed by atoms with Gasteiger partial charge in [0.05, 0.1) is 18.3 Å². The highest BCUT2D eigenvalue weighted by Crippen LogP contribution is 2.50. The summed E-state index contributed by atoms with van der Waals surface area (Å²) in [5.74, 6) is -1.00. The maximum atomic E-state index is 10.2. The van der Waals surface area contributed by atoms with Crippen molar-refractivity contribution in [1.82, 2.24) is 0 Å². The van der Waals surface area contributed by atoms with Gasteiger partial charge in [0.1, 0.15) is 12.2 Å². The van der Waals surface area contributed by atoms with E-state index in [1.54, 1.807) is 0 Å². The van der Waals surface area contributed by atoms with Gasteiger partial charge in [0.15, 0.2) is 5.79 Å². The van der Waals surface area contributed by atoms with Crippen molar-refractivity contribution in [3.63, 3.8) is 0 Å². The van der Waals surface area contributed by atoms with Crippen LogP contribution in [0.4, 0.5) is 0 Å². The summed E-state index contributed by atoms with van der Waals surface area (Å²) >= 11 is 0. The highest BCUT2D eigenvalue weighted by molar-refractivity contribution is 5.06. The minimum absolute atomic E-state index is 0.0553. The summed E-state index contributed by atoms with van der Waals surface area (Å²) in [5, 5.41) is 10.2. The third kappa shape index (κ3) is 0.972. The summed E-state index contributed by atoms with van der Waals surface area (Å²) in [6, 6.07) is 0. The maximum absolute atomic E-state index is 10.2. The predicted octanol–water partition coefficient (Wildman–Crippen LogP) is 0.183. The van der Waals surface area contributed by atoms with Gasteiger partial charge >= 0.3 is 0 Å². The molecule has 4 fully saturated rings. The lowest BCUT2D eigenvalue weighted by atomic mass is 10.2. The molecule has 0 radical (unpaired) electrons. The van der Waals surface area contributed by atoms with Gasteiger partial charge in [-0.05, 0) is 19.3 Å². The molecular formula is C10H14O4. The van der Waals surface area contributed by atoms with Crippen LogP contribution in [0.5, 0.6) is 0 Å². The number of fused-ring (bicyclic) bond motifs is 2. The average Bonchev–Trinajstić information content (AvgIpc) is 3.06. The van der Waals surface area contributed by atoms with Crippen molar-refractivity contribution in [2.24, 2.45) is 0 Å². The molecule has 6 atom stereocenters. The minimum atomic E-state index is -1.00. The highest BCUT2D eigenvalue weighted by atomic mass is 16.7. The maximum Gasteiger partial charge on any atom is 0.195 e. The molecule has 0 aromatic carbocycles. The third-order valence-corrected chi connectivity index (χ3v) is 3.89. The van der Waals surface area contributed by atoms with Gasteiger partial charge < -0.3 is 19.3 Å². The van der Waals surface area contributed by atoms with Crippen LogP contribution >= 0.6 is 0 Å². The van der Waals surface area contributed by atoms with Crippen LogP contribution in [0.2, 0.25) is 0 Å². The molecule has 2 saturated carbocycles. The molecule has 0 spiro atoms. The molecule has 4 aliphatic rings. The van der Waals surface area contributed by atoms with Crippen LogP contribution in [-0.2, 0) is 14.2 Å². The van der Waals surface area contributed by atoms with E-state index in [0.717, 1.165) is 25.7 Å². The molecule has 2 aliphatic heterocycles. The summed E-state index contributed by atoms with van der Waals surface area (Å²) in [4.78, 5) is 0. The van der Waals surface area contributed by atoms with Crippen molar-refractivity contribution < 1.29 is 19.3 Å². The lowest BCUT2D eigenvalue weighted by molar-refractivity contribution is -0.243. The van der Waals surface area contributed by atoms with Gasteiger partial charge in [0, 0.05) is 6.42 Å². The van der Waals surface area contributed by atoms with E-state index in [9.17, 15) is 5.11 Å². The lowest BCUT2D eigenvalue weighted by Crippen LogP contribution is -2.40. The molecule has 0 bridgehead atoms. The summed E-state index contributed by atoms with van der Waals surface area (Å²) in [5.41, 5.74) is 0. The SMILES string of the molecule is OC1(OC2CCC3OC32)CCC2OC21. The van der Waals surface area contributed by atoms with Gasteiger partial charge in [-0.3, -0.25) is 0 Å². The second-order valence-corrected chi connectivity index (χ2v) is 4.85. The summed E-state index contributed by atoms with van der Waals surface area (Å²) < 4.78 is 16.5. The molecule has 6 unspecified atom stereocenters. The zero-order valence-electron chi connectivity index (χ0n) is 7.89. The zero-order valence-corrected chi connectivity index (χ0v) is 7.89. The molecule has 0 aromatic heterocycles. The lowest BCUT2D eigenvalue weighted by Gasteiger charge is -2.27. The Labute approximate surface area is 82.1 Å². The van der Waals surface area contributed by atoms with E-state index < -0.39 is 5.79 Å². The number of hydrogen-bond donors (Lipinski definition) is 1. The minimum Gasteiger partial charge on any atom is -0.367 e. The molecule has 4 nitrogen and oxygen atoms in total. The first-order chi connectivity index (χ1) is 6.76. The Morgan fingerprint density at radius 3 is 2.57 bits per heavy atom. The fraction of sp³-hybridized carbons (Fsp3) is 1.00. The molecule has 0 aromatic rings. The summed E-state index contributed by atoms with van der Waals surface area (Å²) in [6.45, 7) is 0. The van der Waals surface area contributed by atoms with Crippen molar-refractivity contribution in [3.05, 3.63) is 0 Å². The van der Waals surface area contributed by atoms with E-state index in [1.807, 2.05) is 0 Å². The molecule has 2 saturated heterocycles. The average molecular weight is 198 g/mol. The summed E-state index contributed by atoms with van der Waals surface area (Å²) in [6.07, 6.45) is 4.75. The van der Waals surface area contributed by atoms with Crippen molar-refractivity contribution in [3.8, 4) is 0 Å². The Bertz CT molecular complexity index is 281. The number of epoxide rings is 2. The molecule has 0 amide bonds. The molecule has 2 aliphatic carbocycles. The Kier molecular flexibility index (Phi) is 1.33. The van der Waals surface area contributed by atoms with E-state index in [1.165, 1.54) is 0 Å². The normalized spacial score (nSPS) is 63.6. The van der Waals surface area contributed by atoms with Gasteiger partial charge in [0.2, 0.25) is 0 Å². The Hall–Kier alpha value is -0.160. The summed E-state index contributed by atoms with van der Waals surface area (Å²) in [7, 11) is 0. The molecular weight excluding hydrogens is 184 g/mol. The van der Waals surface area contributed by atoms with Crippen LogP contribution in [0.15, 0.2) is 0 Å². The molecule has 78 valence electrons. The first-order valence-electron chi connectivity index (χ1n) is 5.47. The fourth-order valence-corrected chi connectivity index (χ4v) is 2.97. The molecule has 4 rings (SSSR count). The van der Waals surface area contributed by atoms with Crippen LogP contribution in [0.25, 0.3) is 0 Å². The Morgan fingerprint density at radius 1 is 1.14 bits per heavy atom. The largest absolute Gasteiger partial charge is 0.367 e. The van der Waals surface area contributed by atoms with Crippen LogP contribution in [0.1, 0.15) is 25.7 Å². The standard InChI is InChI=1S/C10H14O4/c11-10(4-3-7-9(10)13-7)14-6-2-1-5-8(6)12-5/h5-9,11H,1-4H2. The van der Waals surface area contributed by atoms with E-state index in [4.69, 9.17) is 14.2 Å². The van der Waals surface area contributed by atoms with Gasteiger partial charge in [-0.2, -0.15) is 0 Å². The predicted molar refractivity (Wildman–Crippen MR) is 45.6 cm³/mol. The second kappa shape index (κ2) is 2.32. The number of ether oxygens (including phenoxy) is 3. The molecule has 2 heterocycles. The smallest absolute Gasteiger partial charge is 0.195 e. The van der Waals surface area contributed by atoms with E-state index in [0.29, 0.717) is 6.10 Å². The molecule has 1 N–H and O–H groups in total. The molecule has 14 heavy (non-hydrogen) atoms. The van der Waals surface area contributed by atoms with Crippen molar-refractivity contribution in [2.45, 2.75) is 62.0 Å². The number of hydrogen-bond acceptors (Lipinski definition) is 4. The van der Waals surface area contributed by atoms with E-state index >= 15 is 0 Å². The first-order valence-corrected chi connectivity index (χ1v) is 5.47. The Morgan fingerprint density at radius 2 is 2.07 bits per heavy atom. The van der Waals surface area contributed by atoms with Crippen molar-refractivity contribution >= 4 is 0 Å². The van der Waals surface area contributed by atoms with Gasteiger partial charge in [0.25, 0.3) is 0 Å². The van der Waals surface area contributed by atoms with Gasteiger partial charge in [-0.15, -0.1) is 0 Å².